The standard InChI is InChI=1S/C8H14/c1-7(2)4-6-5-8(6,7)3/h6H,4-5H2,1-3H3. The molecule has 0 radical (unpaired) electrons. The van der Waals surface area contributed by atoms with Crippen molar-refractivity contribution < 1.29 is 0 Å². The van der Waals surface area contributed by atoms with Crippen LogP contribution in [0.1, 0.15) is 33.6 Å². The Morgan fingerprint density at radius 1 is 1.12 bits per heavy atom. The maximum atomic E-state index is 2.43. The number of hydrogen-bond acceptors (Lipinski definition) is 0. The third-order valence-electron chi connectivity index (χ3n) is 3.71. The van der Waals surface area contributed by atoms with Gasteiger partial charge in [-0.3, -0.25) is 0 Å². The highest BCUT2D eigenvalue weighted by Crippen LogP contribution is 2.76. The molecule has 0 saturated heterocycles. The topological polar surface area (TPSA) is 0 Å². The quantitative estimate of drug-likeness (QED) is 0.449. The summed E-state index contributed by atoms with van der Waals surface area (Å²) in [6, 6.07) is 0. The van der Waals surface area contributed by atoms with Crippen molar-refractivity contribution in [2.24, 2.45) is 16.7 Å². The van der Waals surface area contributed by atoms with E-state index in [-0.39, 0.29) is 0 Å². The summed E-state index contributed by atoms with van der Waals surface area (Å²) in [5.74, 6) is 1.12. The summed E-state index contributed by atoms with van der Waals surface area (Å²) in [5, 5.41) is 0. The first-order valence-electron chi connectivity index (χ1n) is 3.56. The third-order valence-corrected chi connectivity index (χ3v) is 3.71. The van der Waals surface area contributed by atoms with Gasteiger partial charge in [0.05, 0.1) is 0 Å². The van der Waals surface area contributed by atoms with Crippen LogP contribution in [0.15, 0.2) is 0 Å². The zero-order valence-corrected chi connectivity index (χ0v) is 5.99. The average molecular weight is 110 g/mol. The first-order valence-corrected chi connectivity index (χ1v) is 3.56. The van der Waals surface area contributed by atoms with Gasteiger partial charge >= 0.3 is 0 Å². The molecule has 0 spiro atoms. The van der Waals surface area contributed by atoms with Gasteiger partial charge in [-0.15, -0.1) is 0 Å². The summed E-state index contributed by atoms with van der Waals surface area (Å²) in [6.45, 7) is 7.23. The monoisotopic (exact) mass is 110 g/mol. The lowest BCUT2D eigenvalue weighted by Crippen LogP contribution is -2.34. The van der Waals surface area contributed by atoms with Crippen LogP contribution in [-0.4, -0.2) is 0 Å². The molecule has 0 aliphatic heterocycles. The fourth-order valence-electron chi connectivity index (χ4n) is 2.30. The first-order chi connectivity index (χ1) is 3.56. The molecule has 0 aromatic rings. The molecule has 46 valence electrons. The van der Waals surface area contributed by atoms with Crippen molar-refractivity contribution in [3.8, 4) is 0 Å². The molecule has 0 N–H and O–H groups in total. The zero-order valence-electron chi connectivity index (χ0n) is 5.99. The Bertz CT molecular complexity index is 132. The van der Waals surface area contributed by atoms with E-state index >= 15 is 0 Å². The van der Waals surface area contributed by atoms with E-state index in [1.807, 2.05) is 0 Å². The summed E-state index contributed by atoms with van der Waals surface area (Å²) in [7, 11) is 0. The van der Waals surface area contributed by atoms with Crippen molar-refractivity contribution >= 4 is 0 Å². The van der Waals surface area contributed by atoms with Gasteiger partial charge in [0.25, 0.3) is 0 Å². The van der Waals surface area contributed by atoms with E-state index in [0.29, 0.717) is 5.41 Å². The van der Waals surface area contributed by atoms with Crippen LogP contribution < -0.4 is 0 Å². The van der Waals surface area contributed by atoms with Gasteiger partial charge in [0.1, 0.15) is 0 Å². The molecule has 2 aliphatic carbocycles. The first kappa shape index (κ1) is 4.84. The highest BCUT2D eigenvalue weighted by atomic mass is 14.7. The number of fused-ring (bicyclic) bond motifs is 1. The third kappa shape index (κ3) is 0.284. The average Bonchev–Trinajstić information content (AvgIpc) is 2.13. The van der Waals surface area contributed by atoms with Gasteiger partial charge in [-0.2, -0.15) is 0 Å². The fourth-order valence-corrected chi connectivity index (χ4v) is 2.30. The summed E-state index contributed by atoms with van der Waals surface area (Å²) in [5.41, 5.74) is 1.48. The maximum absolute atomic E-state index is 2.43. The van der Waals surface area contributed by atoms with E-state index in [0.717, 1.165) is 11.3 Å². The fraction of sp³-hybridized carbons (Fsp3) is 1.00. The van der Waals surface area contributed by atoms with Crippen molar-refractivity contribution in [3.63, 3.8) is 0 Å². The minimum atomic E-state index is 0.692. The lowest BCUT2D eigenvalue weighted by Gasteiger charge is -2.42. The van der Waals surface area contributed by atoms with Crippen LogP contribution in [0, 0.1) is 16.7 Å². The molecule has 0 aromatic carbocycles. The van der Waals surface area contributed by atoms with Gasteiger partial charge in [0, 0.05) is 0 Å². The zero-order chi connectivity index (χ0) is 5.99. The lowest BCUT2D eigenvalue weighted by molar-refractivity contribution is 0.0723. The molecule has 0 bridgehead atoms. The van der Waals surface area contributed by atoms with E-state index < -0.39 is 0 Å². The Kier molecular flexibility index (Phi) is 0.527. The number of rotatable bonds is 0. The molecule has 2 saturated carbocycles. The second-order valence-corrected chi connectivity index (χ2v) is 4.41. The summed E-state index contributed by atoms with van der Waals surface area (Å²) >= 11 is 0. The van der Waals surface area contributed by atoms with Gasteiger partial charge in [-0.05, 0) is 29.6 Å². The summed E-state index contributed by atoms with van der Waals surface area (Å²) in [6.07, 6.45) is 3.00. The Balaban J connectivity index is 2.24. The Morgan fingerprint density at radius 3 is 1.75 bits per heavy atom. The van der Waals surface area contributed by atoms with Crippen LogP contribution in [0.5, 0.6) is 0 Å². The van der Waals surface area contributed by atoms with Crippen molar-refractivity contribution in [2.75, 3.05) is 0 Å². The van der Waals surface area contributed by atoms with Crippen molar-refractivity contribution in [1.82, 2.24) is 0 Å². The van der Waals surface area contributed by atoms with E-state index in [4.69, 9.17) is 0 Å². The van der Waals surface area contributed by atoms with Crippen LogP contribution in [0.25, 0.3) is 0 Å². The van der Waals surface area contributed by atoms with Crippen molar-refractivity contribution in [2.45, 2.75) is 33.6 Å². The molecule has 2 fully saturated rings. The Labute approximate surface area is 51.3 Å². The van der Waals surface area contributed by atoms with Gasteiger partial charge in [0.2, 0.25) is 0 Å². The minimum absolute atomic E-state index is 0.692. The van der Waals surface area contributed by atoms with E-state index in [2.05, 4.69) is 20.8 Å². The maximum Gasteiger partial charge on any atom is -0.0243 e. The van der Waals surface area contributed by atoms with Gasteiger partial charge in [-0.25, -0.2) is 0 Å². The summed E-state index contributed by atoms with van der Waals surface area (Å²) in [4.78, 5) is 0. The van der Waals surface area contributed by atoms with Crippen LogP contribution >= 0.6 is 0 Å². The molecule has 0 amide bonds. The van der Waals surface area contributed by atoms with Crippen molar-refractivity contribution in [1.29, 1.82) is 0 Å². The van der Waals surface area contributed by atoms with Gasteiger partial charge in [0.15, 0.2) is 0 Å². The largest absolute Gasteiger partial charge is 0.0594 e. The molecule has 2 rings (SSSR count). The second kappa shape index (κ2) is 0.872. The Morgan fingerprint density at radius 2 is 1.75 bits per heavy atom. The minimum Gasteiger partial charge on any atom is -0.0594 e. The van der Waals surface area contributed by atoms with Gasteiger partial charge in [-0.1, -0.05) is 20.8 Å². The normalized spacial score (nSPS) is 56.6. The molecule has 2 atom stereocenters. The van der Waals surface area contributed by atoms with Crippen LogP contribution in [-0.2, 0) is 0 Å². The van der Waals surface area contributed by atoms with Crippen LogP contribution in [0.2, 0.25) is 0 Å². The summed E-state index contributed by atoms with van der Waals surface area (Å²) < 4.78 is 0. The molecule has 0 heteroatoms. The number of hydrogen-bond donors (Lipinski definition) is 0. The van der Waals surface area contributed by atoms with Gasteiger partial charge < -0.3 is 0 Å². The Hall–Kier alpha value is 0. The molecule has 0 heterocycles. The van der Waals surface area contributed by atoms with Crippen LogP contribution in [0.3, 0.4) is 0 Å². The predicted molar refractivity (Wildman–Crippen MR) is 34.6 cm³/mol. The molecule has 8 heavy (non-hydrogen) atoms. The predicted octanol–water partition coefficient (Wildman–Crippen LogP) is 2.44. The molecular weight excluding hydrogens is 96.1 g/mol. The van der Waals surface area contributed by atoms with Crippen LogP contribution in [0.4, 0.5) is 0 Å². The highest BCUT2D eigenvalue weighted by molar-refractivity contribution is 5.17. The van der Waals surface area contributed by atoms with E-state index in [1.54, 1.807) is 0 Å². The highest BCUT2D eigenvalue weighted by Gasteiger charge is 2.68. The lowest BCUT2D eigenvalue weighted by atomic mass is 9.63. The molecular formula is C8H14. The molecule has 0 nitrogen and oxygen atoms in total. The van der Waals surface area contributed by atoms with E-state index in [9.17, 15) is 0 Å². The SMILES string of the molecule is CC1(C)CC2CC21C. The molecule has 2 unspecified atom stereocenters. The van der Waals surface area contributed by atoms with E-state index in [1.165, 1.54) is 12.8 Å². The molecule has 2 aliphatic rings. The second-order valence-electron chi connectivity index (χ2n) is 4.41. The molecule has 0 aromatic heterocycles. The van der Waals surface area contributed by atoms with Crippen molar-refractivity contribution in [3.05, 3.63) is 0 Å². The smallest absolute Gasteiger partial charge is 0.0243 e.